The lowest BCUT2D eigenvalue weighted by Crippen LogP contribution is -2.49. The fourth-order valence-corrected chi connectivity index (χ4v) is 4.50. The van der Waals surface area contributed by atoms with Crippen molar-refractivity contribution in [3.05, 3.63) is 133 Å². The van der Waals surface area contributed by atoms with Crippen LogP contribution in [0.4, 0.5) is 17.1 Å². The lowest BCUT2D eigenvalue weighted by Gasteiger charge is -2.37. The molecule has 4 heteroatoms. The molecule has 0 heterocycles. The van der Waals surface area contributed by atoms with E-state index in [1.54, 1.807) is 13.8 Å². The maximum absolute atomic E-state index is 10.4. The van der Waals surface area contributed by atoms with E-state index in [2.05, 4.69) is 126 Å². The molecule has 1 N–H and O–H groups in total. The van der Waals surface area contributed by atoms with Crippen LogP contribution in [0.3, 0.4) is 0 Å². The predicted molar refractivity (Wildman–Crippen MR) is 170 cm³/mol. The zero-order valence-corrected chi connectivity index (χ0v) is 23.7. The molecule has 0 radical (unpaired) electrons. The van der Waals surface area contributed by atoms with Crippen molar-refractivity contribution >= 4 is 30.0 Å². The molecule has 0 unspecified atom stereocenters. The van der Waals surface area contributed by atoms with Gasteiger partial charge in [0.1, 0.15) is 0 Å². The first-order valence-electron chi connectivity index (χ1n) is 13.8. The number of rotatable bonds is 9. The second-order valence-electron chi connectivity index (χ2n) is 11.2. The molecule has 0 spiro atoms. The number of hydrogen-bond donors (Lipinski definition) is 1. The Hall–Kier alpha value is -4.12. The van der Waals surface area contributed by atoms with Crippen LogP contribution in [-0.2, 0) is 4.65 Å². The van der Waals surface area contributed by atoms with Crippen LogP contribution in [0.15, 0.2) is 133 Å². The van der Waals surface area contributed by atoms with Crippen LogP contribution in [-0.4, -0.2) is 23.8 Å². The molecule has 5 rings (SSSR count). The second-order valence-corrected chi connectivity index (χ2v) is 11.2. The molecule has 0 atom stereocenters. The molecule has 3 nitrogen and oxygen atoms in total. The molecule has 0 aromatic heterocycles. The first-order valence-corrected chi connectivity index (χ1v) is 13.8. The third-order valence-electron chi connectivity index (χ3n) is 7.73. The molecule has 0 aliphatic heterocycles. The second kappa shape index (κ2) is 11.6. The lowest BCUT2D eigenvalue weighted by atomic mass is 9.82. The number of nitrogens with zero attached hydrogens (tertiary/aromatic N) is 1. The number of anilines is 3. The largest absolute Gasteiger partial charge is 0.427 e. The molecule has 40 heavy (non-hydrogen) atoms. The quantitative estimate of drug-likeness (QED) is 0.198. The van der Waals surface area contributed by atoms with Gasteiger partial charge in [0.2, 0.25) is 0 Å². The van der Waals surface area contributed by atoms with E-state index in [0.29, 0.717) is 7.48 Å². The summed E-state index contributed by atoms with van der Waals surface area (Å²) in [4.78, 5) is 2.27. The van der Waals surface area contributed by atoms with Gasteiger partial charge in [-0.05, 0) is 86.3 Å². The highest BCUT2D eigenvalue weighted by Crippen LogP contribution is 2.36. The van der Waals surface area contributed by atoms with Crippen LogP contribution in [0.1, 0.15) is 27.7 Å². The van der Waals surface area contributed by atoms with E-state index in [1.807, 2.05) is 26.0 Å². The van der Waals surface area contributed by atoms with Gasteiger partial charge in [-0.1, -0.05) is 103 Å². The Morgan fingerprint density at radius 3 is 1.23 bits per heavy atom. The molecule has 0 aliphatic carbocycles. The van der Waals surface area contributed by atoms with Crippen LogP contribution in [0.5, 0.6) is 0 Å². The van der Waals surface area contributed by atoms with Gasteiger partial charge in [0.25, 0.3) is 0 Å². The number of aliphatic hydroxyl groups is 1. The highest BCUT2D eigenvalue weighted by molar-refractivity contribution is 6.47. The Morgan fingerprint density at radius 1 is 0.500 bits per heavy atom. The van der Waals surface area contributed by atoms with Crippen molar-refractivity contribution in [2.24, 2.45) is 0 Å². The summed E-state index contributed by atoms with van der Waals surface area (Å²) in [7, 11) is 0.425. The highest BCUT2D eigenvalue weighted by atomic mass is 16.5. The normalized spacial score (nSPS) is 11.7. The summed E-state index contributed by atoms with van der Waals surface area (Å²) in [5.74, 6) is 0. The van der Waals surface area contributed by atoms with Gasteiger partial charge in [0.15, 0.2) is 0 Å². The maximum Gasteiger partial charge on any atom is 0.309 e. The molecule has 0 aliphatic rings. The molecule has 0 fully saturated rings. The summed E-state index contributed by atoms with van der Waals surface area (Å²) in [5.41, 5.74) is 7.44. The van der Waals surface area contributed by atoms with Crippen LogP contribution in [0, 0.1) is 0 Å². The Morgan fingerprint density at radius 2 is 0.850 bits per heavy atom. The van der Waals surface area contributed by atoms with Gasteiger partial charge < -0.3 is 14.7 Å². The fraction of sp³-hybridized carbons (Fsp3) is 0.167. The van der Waals surface area contributed by atoms with Crippen molar-refractivity contribution in [3.8, 4) is 22.3 Å². The molecule has 5 aromatic carbocycles. The van der Waals surface area contributed by atoms with E-state index in [9.17, 15) is 5.11 Å². The average Bonchev–Trinajstić information content (AvgIpc) is 2.98. The van der Waals surface area contributed by atoms with Gasteiger partial charge in [-0.15, -0.1) is 0 Å². The maximum atomic E-state index is 10.4. The van der Waals surface area contributed by atoms with Gasteiger partial charge >= 0.3 is 7.48 Å². The molecule has 0 amide bonds. The van der Waals surface area contributed by atoms with Gasteiger partial charge in [0.05, 0.1) is 11.2 Å². The van der Waals surface area contributed by atoms with E-state index >= 15 is 0 Å². The van der Waals surface area contributed by atoms with Crippen molar-refractivity contribution in [3.63, 3.8) is 0 Å². The molecular formula is C36H36BNO2. The summed E-state index contributed by atoms with van der Waals surface area (Å²) in [6.45, 7) is 7.39. The third kappa shape index (κ3) is 6.20. The first kappa shape index (κ1) is 27.5. The van der Waals surface area contributed by atoms with Crippen molar-refractivity contribution in [1.82, 2.24) is 0 Å². The summed E-state index contributed by atoms with van der Waals surface area (Å²) in [6.07, 6.45) is 0. The lowest BCUT2D eigenvalue weighted by molar-refractivity contribution is -0.0893. The van der Waals surface area contributed by atoms with Crippen LogP contribution in [0.2, 0.25) is 0 Å². The summed E-state index contributed by atoms with van der Waals surface area (Å²) in [5, 5.41) is 10.4. The Labute approximate surface area is 239 Å². The van der Waals surface area contributed by atoms with Crippen LogP contribution < -0.4 is 10.4 Å². The molecule has 5 aromatic rings. The molecule has 0 saturated carbocycles. The average molecular weight is 526 g/mol. The van der Waals surface area contributed by atoms with Crippen molar-refractivity contribution in [2.75, 3.05) is 4.90 Å². The van der Waals surface area contributed by atoms with Gasteiger partial charge in [0, 0.05) is 17.1 Å². The van der Waals surface area contributed by atoms with Crippen LogP contribution >= 0.6 is 0 Å². The Balaban J connectivity index is 1.46. The molecule has 0 bridgehead atoms. The van der Waals surface area contributed by atoms with Gasteiger partial charge in [-0.25, -0.2) is 0 Å². The monoisotopic (exact) mass is 525 g/mol. The van der Waals surface area contributed by atoms with Crippen molar-refractivity contribution < 1.29 is 9.76 Å². The Kier molecular flexibility index (Phi) is 7.93. The SMILES string of the molecule is CC(C)(O)C(C)(C)OBc1ccc(N(c2ccc(-c3ccccc3)cc2)c2ccc(-c3ccccc3)cc2)cc1. The fourth-order valence-electron chi connectivity index (χ4n) is 4.50. The number of benzene rings is 5. The minimum absolute atomic E-state index is 0.425. The minimum atomic E-state index is -0.943. The molecule has 0 saturated heterocycles. The standard InChI is InChI=1S/C36H36BNO2/c1-35(2,39)36(3,4)40-37-31-19-25-34(26-20-31)38(32-21-15-29(16-22-32)27-11-7-5-8-12-27)33-23-17-30(18-24-33)28-13-9-6-10-14-28/h5-26,37,39H,1-4H3. The smallest absolute Gasteiger partial charge is 0.309 e. The van der Waals surface area contributed by atoms with Crippen molar-refractivity contribution in [2.45, 2.75) is 38.9 Å². The third-order valence-corrected chi connectivity index (χ3v) is 7.73. The van der Waals surface area contributed by atoms with E-state index < -0.39 is 11.2 Å². The van der Waals surface area contributed by atoms with Gasteiger partial charge in [-0.3, -0.25) is 0 Å². The summed E-state index contributed by atoms with van der Waals surface area (Å²) in [6, 6.07) is 46.8. The van der Waals surface area contributed by atoms with E-state index in [4.69, 9.17) is 4.65 Å². The zero-order valence-electron chi connectivity index (χ0n) is 23.7. The minimum Gasteiger partial charge on any atom is -0.427 e. The highest BCUT2D eigenvalue weighted by Gasteiger charge is 2.35. The predicted octanol–water partition coefficient (Wildman–Crippen LogP) is 8.03. The topological polar surface area (TPSA) is 32.7 Å². The summed E-state index contributed by atoms with van der Waals surface area (Å²) >= 11 is 0. The molecular weight excluding hydrogens is 489 g/mol. The van der Waals surface area contributed by atoms with E-state index in [-0.39, 0.29) is 0 Å². The van der Waals surface area contributed by atoms with Crippen LogP contribution in [0.25, 0.3) is 22.3 Å². The van der Waals surface area contributed by atoms with E-state index in [1.165, 1.54) is 22.3 Å². The van der Waals surface area contributed by atoms with E-state index in [0.717, 1.165) is 22.5 Å². The Bertz CT molecular complexity index is 1420. The van der Waals surface area contributed by atoms with Gasteiger partial charge in [-0.2, -0.15) is 0 Å². The first-order chi connectivity index (χ1) is 19.2. The van der Waals surface area contributed by atoms with Crippen molar-refractivity contribution in [1.29, 1.82) is 0 Å². The summed E-state index contributed by atoms with van der Waals surface area (Å²) < 4.78 is 6.10. The molecule has 200 valence electrons. The zero-order chi connectivity index (χ0) is 28.2. The number of hydrogen-bond acceptors (Lipinski definition) is 3.